The summed E-state index contributed by atoms with van der Waals surface area (Å²) in [6, 6.07) is 2.42. The third-order valence-corrected chi connectivity index (χ3v) is 9.28. The molecule has 2 saturated carbocycles. The summed E-state index contributed by atoms with van der Waals surface area (Å²) >= 11 is 12.6. The Bertz CT molecular complexity index is 1320. The Morgan fingerprint density at radius 3 is 2.15 bits per heavy atom. The fourth-order valence-corrected chi connectivity index (χ4v) is 7.02. The molecule has 224 valence electrons. The Labute approximate surface area is 247 Å². The van der Waals surface area contributed by atoms with E-state index in [9.17, 15) is 32.7 Å². The SMILES string of the molecule is Cc1cc(Cl)c(C(=O)CN(CC2(C)CCCC2)C(=O)c2cnn([C@H]3CC[C@](C)(C(=O)O)CC3)c2C(F)(F)F)c(Cl)c1. The number of hydrogen-bond donors (Lipinski definition) is 1. The number of aromatic nitrogens is 2. The van der Waals surface area contributed by atoms with Gasteiger partial charge in [0.05, 0.1) is 45.4 Å². The van der Waals surface area contributed by atoms with Crippen molar-refractivity contribution in [2.24, 2.45) is 10.8 Å². The summed E-state index contributed by atoms with van der Waals surface area (Å²) in [5, 5.41) is 13.7. The van der Waals surface area contributed by atoms with Gasteiger partial charge in [0.15, 0.2) is 11.5 Å². The van der Waals surface area contributed by atoms with Crippen LogP contribution in [-0.2, 0) is 11.0 Å². The molecule has 4 rings (SSSR count). The van der Waals surface area contributed by atoms with E-state index in [2.05, 4.69) is 5.10 Å². The number of alkyl halides is 3. The van der Waals surface area contributed by atoms with Gasteiger partial charge in [0.2, 0.25) is 0 Å². The van der Waals surface area contributed by atoms with Crippen molar-refractivity contribution in [1.29, 1.82) is 0 Å². The molecule has 0 aliphatic heterocycles. The molecule has 1 amide bonds. The summed E-state index contributed by atoms with van der Waals surface area (Å²) in [7, 11) is 0. The fourth-order valence-electron chi connectivity index (χ4n) is 6.21. The zero-order valence-electron chi connectivity index (χ0n) is 23.3. The number of carboxylic acid groups (broad SMARTS) is 1. The molecular weight excluding hydrogens is 582 g/mol. The largest absolute Gasteiger partial charge is 0.481 e. The van der Waals surface area contributed by atoms with E-state index in [4.69, 9.17) is 23.2 Å². The van der Waals surface area contributed by atoms with Crippen molar-refractivity contribution < 1.29 is 32.7 Å². The van der Waals surface area contributed by atoms with Crippen molar-refractivity contribution >= 4 is 40.9 Å². The average molecular weight is 617 g/mol. The first-order chi connectivity index (χ1) is 19.0. The van der Waals surface area contributed by atoms with E-state index < -0.39 is 53.1 Å². The van der Waals surface area contributed by atoms with Crippen LogP contribution in [0.2, 0.25) is 10.0 Å². The first-order valence-corrected chi connectivity index (χ1v) is 14.5. The number of benzene rings is 1. The highest BCUT2D eigenvalue weighted by Crippen LogP contribution is 2.44. The number of Topliss-reactive ketones (excluding diaryl/α,β-unsaturated/α-hetero) is 1. The molecule has 1 heterocycles. The molecule has 0 bridgehead atoms. The maximum atomic E-state index is 14.5. The lowest BCUT2D eigenvalue weighted by molar-refractivity contribution is -0.152. The molecule has 0 saturated heterocycles. The van der Waals surface area contributed by atoms with Crippen LogP contribution in [0.25, 0.3) is 0 Å². The van der Waals surface area contributed by atoms with Gasteiger partial charge in [-0.1, -0.05) is 43.0 Å². The van der Waals surface area contributed by atoms with Crippen LogP contribution in [-0.4, -0.2) is 50.5 Å². The molecule has 1 N–H and O–H groups in total. The number of carbonyl (C=O) groups is 3. The summed E-state index contributed by atoms with van der Waals surface area (Å²) in [5.41, 5.74) is -2.46. The van der Waals surface area contributed by atoms with Crippen LogP contribution in [0.4, 0.5) is 13.2 Å². The number of rotatable bonds is 8. The topological polar surface area (TPSA) is 92.5 Å². The smallest absolute Gasteiger partial charge is 0.433 e. The second-order valence-corrected chi connectivity index (χ2v) is 13.0. The maximum absolute atomic E-state index is 14.5. The molecule has 1 aromatic heterocycles. The van der Waals surface area contributed by atoms with Crippen LogP contribution in [0, 0.1) is 17.8 Å². The van der Waals surface area contributed by atoms with Gasteiger partial charge in [-0.3, -0.25) is 19.1 Å². The zero-order valence-corrected chi connectivity index (χ0v) is 24.8. The van der Waals surface area contributed by atoms with Crippen molar-refractivity contribution in [3.8, 4) is 0 Å². The van der Waals surface area contributed by atoms with E-state index in [0.29, 0.717) is 0 Å². The van der Waals surface area contributed by atoms with Crippen LogP contribution in [0.1, 0.15) is 103 Å². The number of carboxylic acids is 1. The van der Waals surface area contributed by atoms with Gasteiger partial charge in [-0.2, -0.15) is 18.3 Å². The zero-order chi connectivity index (χ0) is 30.3. The number of carbonyl (C=O) groups excluding carboxylic acids is 2. The third-order valence-electron chi connectivity index (χ3n) is 8.69. The Morgan fingerprint density at radius 2 is 1.63 bits per heavy atom. The third kappa shape index (κ3) is 6.58. The molecule has 2 aromatic rings. The van der Waals surface area contributed by atoms with E-state index in [1.165, 1.54) is 4.90 Å². The molecule has 7 nitrogen and oxygen atoms in total. The summed E-state index contributed by atoms with van der Waals surface area (Å²) in [4.78, 5) is 40.1. The number of halogens is 5. The number of aliphatic carboxylic acids is 1. The molecule has 2 fully saturated rings. The number of hydrogen-bond acceptors (Lipinski definition) is 4. The van der Waals surface area contributed by atoms with Crippen molar-refractivity contribution in [2.75, 3.05) is 13.1 Å². The molecule has 0 atom stereocenters. The highest BCUT2D eigenvalue weighted by molar-refractivity contribution is 6.40. The number of amides is 1. The fraction of sp³-hybridized carbons (Fsp3) is 0.586. The van der Waals surface area contributed by atoms with E-state index in [-0.39, 0.29) is 53.3 Å². The van der Waals surface area contributed by atoms with E-state index >= 15 is 0 Å². The molecular formula is C29H34Cl2F3N3O4. The van der Waals surface area contributed by atoms with Crippen LogP contribution in [0.3, 0.4) is 0 Å². The van der Waals surface area contributed by atoms with Gasteiger partial charge in [0, 0.05) is 6.54 Å². The highest BCUT2D eigenvalue weighted by atomic mass is 35.5. The van der Waals surface area contributed by atoms with E-state index in [1.807, 2.05) is 6.92 Å². The minimum absolute atomic E-state index is 0.0173. The average Bonchev–Trinajstić information content (AvgIpc) is 3.50. The quantitative estimate of drug-likeness (QED) is 0.308. The second kappa shape index (κ2) is 11.6. The molecule has 0 spiro atoms. The predicted molar refractivity (Wildman–Crippen MR) is 148 cm³/mol. The molecule has 2 aliphatic rings. The van der Waals surface area contributed by atoms with Crippen molar-refractivity contribution in [2.45, 2.75) is 84.4 Å². The molecule has 0 radical (unpaired) electrons. The minimum Gasteiger partial charge on any atom is -0.481 e. The summed E-state index contributed by atoms with van der Waals surface area (Å²) in [5.74, 6) is -2.51. The van der Waals surface area contributed by atoms with Gasteiger partial charge in [-0.15, -0.1) is 0 Å². The molecule has 1 aromatic carbocycles. The van der Waals surface area contributed by atoms with Gasteiger partial charge < -0.3 is 10.0 Å². The molecule has 41 heavy (non-hydrogen) atoms. The summed E-state index contributed by atoms with van der Waals surface area (Å²) in [6.45, 7) is 4.89. The summed E-state index contributed by atoms with van der Waals surface area (Å²) in [6.07, 6.45) is 0.101. The lowest BCUT2D eigenvalue weighted by atomic mass is 9.74. The van der Waals surface area contributed by atoms with Crippen LogP contribution in [0.15, 0.2) is 18.3 Å². The lowest BCUT2D eigenvalue weighted by Crippen LogP contribution is -2.43. The maximum Gasteiger partial charge on any atom is 0.433 e. The summed E-state index contributed by atoms with van der Waals surface area (Å²) < 4.78 is 44.4. The van der Waals surface area contributed by atoms with Crippen LogP contribution in [0.5, 0.6) is 0 Å². The monoisotopic (exact) mass is 615 g/mol. The first kappa shape index (κ1) is 31.3. The number of aryl methyl sites for hydroxylation is 1. The van der Waals surface area contributed by atoms with Gasteiger partial charge >= 0.3 is 12.1 Å². The van der Waals surface area contributed by atoms with Gasteiger partial charge in [-0.25, -0.2) is 0 Å². The molecule has 0 unspecified atom stereocenters. The molecule has 2 aliphatic carbocycles. The van der Waals surface area contributed by atoms with Gasteiger partial charge in [0.1, 0.15) is 0 Å². The minimum atomic E-state index is -4.91. The van der Waals surface area contributed by atoms with E-state index in [1.54, 1.807) is 26.0 Å². The van der Waals surface area contributed by atoms with E-state index in [0.717, 1.165) is 42.1 Å². The van der Waals surface area contributed by atoms with Crippen molar-refractivity contribution in [1.82, 2.24) is 14.7 Å². The van der Waals surface area contributed by atoms with Gasteiger partial charge in [0.25, 0.3) is 5.91 Å². The Kier molecular flexibility index (Phi) is 8.86. The van der Waals surface area contributed by atoms with Crippen LogP contribution >= 0.6 is 23.2 Å². The second-order valence-electron chi connectivity index (χ2n) is 12.2. The standard InChI is InChI=1S/C29H34Cl2F3N3O4/c1-17-12-20(30)23(21(31)13-17)22(38)15-36(16-27(2)8-4-5-9-27)25(39)19-14-35-37(24(19)29(32,33)34)18-6-10-28(3,11-7-18)26(40)41/h12-14,18H,4-11,15-16H2,1-3H3,(H,40,41)/t18-,28-. The van der Waals surface area contributed by atoms with Gasteiger partial charge in [-0.05, 0) is 75.5 Å². The Hall–Kier alpha value is -2.59. The first-order valence-electron chi connectivity index (χ1n) is 13.7. The highest BCUT2D eigenvalue weighted by Gasteiger charge is 2.45. The lowest BCUT2D eigenvalue weighted by Gasteiger charge is -2.35. The van der Waals surface area contributed by atoms with Crippen molar-refractivity contribution in [3.63, 3.8) is 0 Å². The number of ketones is 1. The normalized spacial score (nSPS) is 22.5. The Balaban J connectivity index is 1.69. The molecule has 12 heteroatoms. The number of nitrogens with zero attached hydrogens (tertiary/aromatic N) is 3. The van der Waals surface area contributed by atoms with Crippen molar-refractivity contribution in [3.05, 3.63) is 50.8 Å². The Morgan fingerprint density at radius 1 is 1.07 bits per heavy atom. The van der Waals surface area contributed by atoms with Crippen LogP contribution < -0.4 is 0 Å². The predicted octanol–water partition coefficient (Wildman–Crippen LogP) is 7.63.